The first-order valence-corrected chi connectivity index (χ1v) is 3.24. The summed E-state index contributed by atoms with van der Waals surface area (Å²) in [4.78, 5) is 10.8. The van der Waals surface area contributed by atoms with Crippen LogP contribution in [-0.2, 0) is 32.7 Å². The molecule has 1 amide bonds. The van der Waals surface area contributed by atoms with Gasteiger partial charge >= 0.3 is 0 Å². The Balaban J connectivity index is 0. The van der Waals surface area contributed by atoms with Crippen LogP contribution in [0, 0.1) is 0 Å². The number of amides is 1. The van der Waals surface area contributed by atoms with Crippen molar-refractivity contribution >= 4 is 13.1 Å². The maximum Gasteiger partial charge on any atom is 0.229 e. The summed E-state index contributed by atoms with van der Waals surface area (Å²) in [7, 11) is 3.16. The molecule has 0 fully saturated rings. The third kappa shape index (κ3) is 6.98. The van der Waals surface area contributed by atoms with E-state index in [9.17, 15) is 4.79 Å². The fraction of sp³-hybridized carbons (Fsp3) is 0.833. The molecule has 0 atom stereocenters. The first-order valence-electron chi connectivity index (χ1n) is 3.24. The van der Waals surface area contributed by atoms with E-state index in [0.717, 1.165) is 0 Å². The Hall–Kier alpha value is 0.599. The topological polar surface area (TPSA) is 43.2 Å². The van der Waals surface area contributed by atoms with Crippen LogP contribution in [-0.4, -0.2) is 25.8 Å². The number of nitrogens with one attached hydrogen (secondary N) is 1. The zero-order valence-electron chi connectivity index (χ0n) is 7.51. The van der Waals surface area contributed by atoms with Gasteiger partial charge in [0.15, 0.2) is 5.81 Å². The molecule has 11 heavy (non-hydrogen) atoms. The van der Waals surface area contributed by atoms with Gasteiger partial charge in [-0.3, -0.25) is 4.79 Å². The summed E-state index contributed by atoms with van der Waals surface area (Å²) in [5, 5.41) is 6.65. The molecule has 0 aromatic heterocycles. The van der Waals surface area contributed by atoms with Crippen LogP contribution in [0.1, 0.15) is 13.8 Å². The van der Waals surface area contributed by atoms with Crippen molar-refractivity contribution in [2.24, 2.45) is 0 Å². The van der Waals surface area contributed by atoms with Gasteiger partial charge in [0, 0.05) is 32.7 Å². The molecular weight excluding hydrogens is 216 g/mol. The summed E-state index contributed by atoms with van der Waals surface area (Å²) in [5.74, 6) is -0.0874. The molecular formula is C6H13BN2OY-. The van der Waals surface area contributed by atoms with E-state index in [-0.39, 0.29) is 38.5 Å². The van der Waals surface area contributed by atoms with Crippen LogP contribution >= 0.6 is 0 Å². The molecule has 0 rings (SSSR count). The molecule has 0 spiro atoms. The summed E-state index contributed by atoms with van der Waals surface area (Å²) in [6.07, 6.45) is 0. The average molecular weight is 229 g/mol. The Kier molecular flexibility index (Phi) is 7.91. The summed E-state index contributed by atoms with van der Waals surface area (Å²) < 4.78 is 0. The zero-order chi connectivity index (χ0) is 8.20. The summed E-state index contributed by atoms with van der Waals surface area (Å²) >= 11 is 0. The van der Waals surface area contributed by atoms with E-state index in [4.69, 9.17) is 0 Å². The molecule has 0 aliphatic heterocycles. The average Bonchev–Trinajstić information content (AvgIpc) is 1.87. The Morgan fingerprint density at radius 2 is 2.00 bits per heavy atom. The molecule has 60 valence electrons. The quantitative estimate of drug-likeness (QED) is 0.725. The van der Waals surface area contributed by atoms with Crippen LogP contribution in [0.3, 0.4) is 0 Å². The van der Waals surface area contributed by atoms with Gasteiger partial charge in [0.05, 0.1) is 0 Å². The molecule has 3 nitrogen and oxygen atoms in total. The molecule has 0 aromatic carbocycles. The second-order valence-electron chi connectivity index (χ2n) is 2.56. The van der Waals surface area contributed by atoms with Gasteiger partial charge in [0.25, 0.3) is 0 Å². The maximum atomic E-state index is 10.8. The number of nitrogens with zero attached hydrogens (tertiary/aromatic N) is 1. The molecule has 5 heteroatoms. The molecule has 0 aromatic rings. The van der Waals surface area contributed by atoms with Crippen LogP contribution < -0.4 is 5.32 Å². The van der Waals surface area contributed by atoms with Crippen LogP contribution in [0.5, 0.6) is 0 Å². The van der Waals surface area contributed by atoms with E-state index in [1.54, 1.807) is 13.9 Å². The van der Waals surface area contributed by atoms with Crippen molar-refractivity contribution in [3.8, 4) is 0 Å². The first-order chi connectivity index (χ1) is 4.52. The third-order valence-corrected chi connectivity index (χ3v) is 1.25. The Bertz CT molecular complexity index is 130. The third-order valence-electron chi connectivity index (χ3n) is 1.25. The molecule has 1 N–H and O–H groups in total. The van der Waals surface area contributed by atoms with E-state index in [1.807, 2.05) is 13.8 Å². The van der Waals surface area contributed by atoms with E-state index >= 15 is 0 Å². The maximum absolute atomic E-state index is 10.8. The molecule has 0 aliphatic rings. The molecule has 0 unspecified atom stereocenters. The minimum Gasteiger partial charge on any atom is -0.643 e. The van der Waals surface area contributed by atoms with Crippen LogP contribution in [0.15, 0.2) is 0 Å². The fourth-order valence-electron chi connectivity index (χ4n) is 0.430. The van der Waals surface area contributed by atoms with Crippen molar-refractivity contribution in [3.05, 3.63) is 5.32 Å². The number of carbonyl (C=O) groups excluding carboxylic acids is 1. The standard InChI is InChI=1S/C6H13BN2O.Y/c1-6(2,8-4)9-5(10)7-3;/h1-4H3,(H,9,10);/q-1;. The van der Waals surface area contributed by atoms with Gasteiger partial charge in [-0.15, -0.1) is 0 Å². The van der Waals surface area contributed by atoms with Crippen molar-refractivity contribution in [1.82, 2.24) is 5.32 Å². The van der Waals surface area contributed by atoms with Crippen molar-refractivity contribution in [2.75, 3.05) is 7.05 Å². The molecule has 2 radical (unpaired) electrons. The monoisotopic (exact) mass is 229 g/mol. The van der Waals surface area contributed by atoms with E-state index in [1.165, 1.54) is 7.28 Å². The summed E-state index contributed by atoms with van der Waals surface area (Å²) in [6, 6.07) is 0. The van der Waals surface area contributed by atoms with E-state index in [2.05, 4.69) is 10.6 Å². The molecule has 0 heterocycles. The predicted molar refractivity (Wildman–Crippen MR) is 43.5 cm³/mol. The normalized spacial score (nSPS) is 9.82. The molecule has 0 saturated heterocycles. The number of hydrogen-bond donors (Lipinski definition) is 1. The van der Waals surface area contributed by atoms with Crippen molar-refractivity contribution in [1.29, 1.82) is 0 Å². The number of rotatable bonds is 3. The van der Waals surface area contributed by atoms with Gasteiger partial charge in [-0.25, -0.2) is 0 Å². The molecule has 0 saturated carbocycles. The summed E-state index contributed by atoms with van der Waals surface area (Å²) in [5.41, 5.74) is -0.441. The number of carbonyl (C=O) groups is 1. The first kappa shape index (κ1) is 14.1. The van der Waals surface area contributed by atoms with Crippen LogP contribution in [0.4, 0.5) is 4.79 Å². The number of hydrogen-bond acceptors (Lipinski definition) is 1. The van der Waals surface area contributed by atoms with Gasteiger partial charge in [-0.1, -0.05) is 26.3 Å². The SMILES string of the molecule is C[B]C(=O)NC(C)(C)[N-]C.[Y]. The smallest absolute Gasteiger partial charge is 0.229 e. The largest absolute Gasteiger partial charge is 0.643 e. The van der Waals surface area contributed by atoms with Gasteiger partial charge in [-0.05, 0) is 0 Å². The minimum absolute atomic E-state index is 0. The Morgan fingerprint density at radius 3 is 2.27 bits per heavy atom. The van der Waals surface area contributed by atoms with Crippen molar-refractivity contribution in [3.63, 3.8) is 0 Å². The van der Waals surface area contributed by atoms with E-state index in [0.29, 0.717) is 0 Å². The fourth-order valence-corrected chi connectivity index (χ4v) is 0.430. The zero-order valence-corrected chi connectivity index (χ0v) is 10.3. The molecule has 0 aliphatic carbocycles. The van der Waals surface area contributed by atoms with Crippen LogP contribution in [0.25, 0.3) is 5.32 Å². The van der Waals surface area contributed by atoms with Crippen LogP contribution in [0.2, 0.25) is 6.82 Å². The summed E-state index contributed by atoms with van der Waals surface area (Å²) in [6.45, 7) is 5.38. The van der Waals surface area contributed by atoms with Gasteiger partial charge in [0.2, 0.25) is 7.28 Å². The second kappa shape index (κ2) is 6.15. The second-order valence-corrected chi connectivity index (χ2v) is 2.56. The minimum atomic E-state index is -0.441. The van der Waals surface area contributed by atoms with Crippen molar-refractivity contribution in [2.45, 2.75) is 26.3 Å². The predicted octanol–water partition coefficient (Wildman–Crippen LogP) is 1.19. The molecule has 0 bridgehead atoms. The van der Waals surface area contributed by atoms with E-state index < -0.39 is 5.66 Å². The van der Waals surface area contributed by atoms with Gasteiger partial charge < -0.3 is 10.6 Å². The Morgan fingerprint density at radius 1 is 1.55 bits per heavy atom. The Labute approximate surface area is 94.2 Å². The van der Waals surface area contributed by atoms with Crippen molar-refractivity contribution < 1.29 is 37.5 Å². The van der Waals surface area contributed by atoms with Gasteiger partial charge in [0.1, 0.15) is 0 Å². The van der Waals surface area contributed by atoms with Gasteiger partial charge in [-0.2, -0.15) is 7.05 Å².